The molecule has 2 rings (SSSR count). The smallest absolute Gasteiger partial charge is 0.343 e. The van der Waals surface area contributed by atoms with Gasteiger partial charge in [0.05, 0.1) is 17.3 Å². The van der Waals surface area contributed by atoms with Crippen LogP contribution in [0.15, 0.2) is 29.1 Å². The Balaban J connectivity index is 2.78. The summed E-state index contributed by atoms with van der Waals surface area (Å²) >= 11 is 12.1. The van der Waals surface area contributed by atoms with Gasteiger partial charge in [-0.25, -0.2) is 4.79 Å². The summed E-state index contributed by atoms with van der Waals surface area (Å²) in [6, 6.07) is 5.61. The van der Waals surface area contributed by atoms with E-state index in [1.54, 1.807) is 27.7 Å². The van der Waals surface area contributed by atoms with Crippen LogP contribution in [0.4, 0.5) is 0 Å². The number of Topliss-reactive ketones (excluding diaryl/α,β-unsaturated/α-hetero) is 1. The van der Waals surface area contributed by atoms with Crippen LogP contribution in [0, 0.1) is 5.41 Å². The highest BCUT2D eigenvalue weighted by atomic mass is 35.5. The van der Waals surface area contributed by atoms with Crippen LogP contribution in [0.2, 0.25) is 10.0 Å². The van der Waals surface area contributed by atoms with E-state index in [9.17, 15) is 14.4 Å². The number of hydrogen-bond acceptors (Lipinski definition) is 5. The number of rotatable bonds is 4. The summed E-state index contributed by atoms with van der Waals surface area (Å²) in [6.45, 7) is 6.85. The van der Waals surface area contributed by atoms with Crippen molar-refractivity contribution in [3.63, 3.8) is 0 Å². The SMILES string of the molecule is CCOC(=O)c1cc(C(=O)C(C)(C)C)nn(-c2ccc(Cl)cc2Cl)c1=O. The van der Waals surface area contributed by atoms with Gasteiger partial charge in [-0.1, -0.05) is 44.0 Å². The van der Waals surface area contributed by atoms with E-state index in [1.807, 2.05) is 0 Å². The average molecular weight is 397 g/mol. The molecule has 0 N–H and O–H groups in total. The van der Waals surface area contributed by atoms with Crippen LogP contribution in [-0.2, 0) is 4.74 Å². The van der Waals surface area contributed by atoms with Crippen LogP contribution < -0.4 is 5.56 Å². The van der Waals surface area contributed by atoms with Gasteiger partial charge in [-0.2, -0.15) is 9.78 Å². The highest BCUT2D eigenvalue weighted by Gasteiger charge is 2.28. The van der Waals surface area contributed by atoms with Gasteiger partial charge >= 0.3 is 5.97 Å². The summed E-state index contributed by atoms with van der Waals surface area (Å²) in [5.41, 5.74) is -1.62. The van der Waals surface area contributed by atoms with E-state index in [4.69, 9.17) is 27.9 Å². The number of ether oxygens (including phenoxy) is 1. The minimum absolute atomic E-state index is 0.0360. The second-order valence-electron chi connectivity index (χ2n) is 6.56. The van der Waals surface area contributed by atoms with Gasteiger partial charge in [0.15, 0.2) is 5.78 Å². The predicted molar refractivity (Wildman–Crippen MR) is 99.6 cm³/mol. The molecule has 0 aliphatic heterocycles. The standard InChI is InChI=1S/C18H18Cl2N2O4/c1-5-26-17(25)11-9-13(15(23)18(2,3)4)21-22(16(11)24)14-7-6-10(19)8-12(14)20/h6-9H,5H2,1-4H3. The van der Waals surface area contributed by atoms with Crippen LogP contribution in [0.5, 0.6) is 0 Å². The van der Waals surface area contributed by atoms with Gasteiger partial charge in [0.25, 0.3) is 5.56 Å². The highest BCUT2D eigenvalue weighted by Crippen LogP contribution is 2.24. The van der Waals surface area contributed by atoms with Gasteiger partial charge in [-0.15, -0.1) is 0 Å². The summed E-state index contributed by atoms with van der Waals surface area (Å²) in [5.74, 6) is -1.16. The molecular formula is C18H18Cl2N2O4. The van der Waals surface area contributed by atoms with Gasteiger partial charge in [0.2, 0.25) is 0 Å². The van der Waals surface area contributed by atoms with Gasteiger partial charge in [-0.3, -0.25) is 9.59 Å². The molecule has 0 saturated heterocycles. The number of nitrogens with zero attached hydrogens (tertiary/aromatic N) is 2. The highest BCUT2D eigenvalue weighted by molar-refractivity contribution is 6.35. The Kier molecular flexibility index (Phi) is 5.88. The first-order valence-corrected chi connectivity index (χ1v) is 8.63. The lowest BCUT2D eigenvalue weighted by atomic mass is 9.88. The molecule has 0 unspecified atom stereocenters. The van der Waals surface area contributed by atoms with Crippen LogP contribution in [-0.4, -0.2) is 28.1 Å². The Bertz CT molecular complexity index is 930. The van der Waals surface area contributed by atoms with Gasteiger partial charge in [0.1, 0.15) is 11.3 Å². The fourth-order valence-electron chi connectivity index (χ4n) is 2.16. The van der Waals surface area contributed by atoms with Crippen molar-refractivity contribution in [2.24, 2.45) is 5.41 Å². The number of halogens is 2. The van der Waals surface area contributed by atoms with E-state index in [-0.39, 0.29) is 34.4 Å². The van der Waals surface area contributed by atoms with Gasteiger partial charge < -0.3 is 4.74 Å². The second-order valence-corrected chi connectivity index (χ2v) is 7.40. The fraction of sp³-hybridized carbons (Fsp3) is 0.333. The Morgan fingerprint density at radius 2 is 1.85 bits per heavy atom. The van der Waals surface area contributed by atoms with E-state index in [2.05, 4.69) is 5.10 Å². The average Bonchev–Trinajstić information content (AvgIpc) is 2.54. The number of ketones is 1. The number of carbonyl (C=O) groups excluding carboxylic acids is 2. The molecule has 1 aromatic heterocycles. The van der Waals surface area contributed by atoms with Crippen molar-refractivity contribution in [3.05, 3.63) is 55.9 Å². The zero-order valence-corrected chi connectivity index (χ0v) is 16.3. The molecule has 0 fully saturated rings. The summed E-state index contributed by atoms with van der Waals surface area (Å²) in [6.07, 6.45) is 0. The molecule has 8 heteroatoms. The molecule has 26 heavy (non-hydrogen) atoms. The van der Waals surface area contributed by atoms with Crippen LogP contribution in [0.3, 0.4) is 0 Å². The third-order valence-corrected chi connectivity index (χ3v) is 4.00. The minimum atomic E-state index is -0.832. The summed E-state index contributed by atoms with van der Waals surface area (Å²) < 4.78 is 5.84. The molecule has 0 bridgehead atoms. The molecule has 1 aromatic carbocycles. The minimum Gasteiger partial charge on any atom is -0.462 e. The Labute approximate surface area is 160 Å². The quantitative estimate of drug-likeness (QED) is 0.577. The number of benzene rings is 1. The monoisotopic (exact) mass is 396 g/mol. The van der Waals surface area contributed by atoms with Gasteiger partial charge in [-0.05, 0) is 31.2 Å². The molecular weight excluding hydrogens is 379 g/mol. The van der Waals surface area contributed by atoms with Crippen molar-refractivity contribution in [1.29, 1.82) is 0 Å². The fourth-order valence-corrected chi connectivity index (χ4v) is 2.65. The van der Waals surface area contributed by atoms with Crippen molar-refractivity contribution in [2.75, 3.05) is 6.61 Å². The van der Waals surface area contributed by atoms with Crippen molar-refractivity contribution < 1.29 is 14.3 Å². The van der Waals surface area contributed by atoms with Crippen molar-refractivity contribution in [1.82, 2.24) is 9.78 Å². The van der Waals surface area contributed by atoms with E-state index in [0.717, 1.165) is 10.7 Å². The summed E-state index contributed by atoms with van der Waals surface area (Å²) in [4.78, 5) is 37.6. The first-order valence-electron chi connectivity index (χ1n) is 7.88. The molecule has 0 aliphatic rings. The maximum Gasteiger partial charge on any atom is 0.343 e. The summed E-state index contributed by atoms with van der Waals surface area (Å²) in [7, 11) is 0. The number of esters is 1. The molecule has 0 radical (unpaired) electrons. The largest absolute Gasteiger partial charge is 0.462 e. The second kappa shape index (κ2) is 7.60. The molecule has 0 aliphatic carbocycles. The molecule has 2 aromatic rings. The van der Waals surface area contributed by atoms with E-state index in [1.165, 1.54) is 18.2 Å². The molecule has 0 atom stereocenters. The topological polar surface area (TPSA) is 78.3 Å². The molecule has 138 valence electrons. The first-order chi connectivity index (χ1) is 12.1. The normalized spacial score (nSPS) is 11.3. The molecule has 0 spiro atoms. The molecule has 0 amide bonds. The number of hydrogen-bond donors (Lipinski definition) is 0. The lowest BCUT2D eigenvalue weighted by molar-refractivity contribution is 0.0523. The predicted octanol–water partition coefficient (Wildman–Crippen LogP) is 3.94. The van der Waals surface area contributed by atoms with Crippen LogP contribution in [0.25, 0.3) is 5.69 Å². The van der Waals surface area contributed by atoms with Crippen LogP contribution >= 0.6 is 23.2 Å². The number of carbonyl (C=O) groups is 2. The Hall–Kier alpha value is -2.18. The molecule has 6 nitrogen and oxygen atoms in total. The lowest BCUT2D eigenvalue weighted by Crippen LogP contribution is -2.32. The van der Waals surface area contributed by atoms with E-state index in [0.29, 0.717) is 5.02 Å². The number of aromatic nitrogens is 2. The molecule has 1 heterocycles. The Morgan fingerprint density at radius 3 is 2.38 bits per heavy atom. The third-order valence-electron chi connectivity index (χ3n) is 3.46. The van der Waals surface area contributed by atoms with Crippen molar-refractivity contribution in [2.45, 2.75) is 27.7 Å². The maximum atomic E-state index is 12.7. The van der Waals surface area contributed by atoms with Crippen molar-refractivity contribution >= 4 is 35.0 Å². The zero-order chi connectivity index (χ0) is 19.6. The zero-order valence-electron chi connectivity index (χ0n) is 14.8. The molecule has 0 saturated carbocycles. The third kappa shape index (κ3) is 4.14. The summed E-state index contributed by atoms with van der Waals surface area (Å²) in [5, 5.41) is 4.65. The van der Waals surface area contributed by atoms with Crippen LogP contribution in [0.1, 0.15) is 48.5 Å². The van der Waals surface area contributed by atoms with E-state index >= 15 is 0 Å². The first kappa shape index (κ1) is 20.1. The van der Waals surface area contributed by atoms with E-state index < -0.39 is 16.9 Å². The maximum absolute atomic E-state index is 12.7. The lowest BCUT2D eigenvalue weighted by Gasteiger charge is -2.17. The van der Waals surface area contributed by atoms with Crippen molar-refractivity contribution in [3.8, 4) is 5.69 Å². The Morgan fingerprint density at radius 1 is 1.19 bits per heavy atom. The van der Waals surface area contributed by atoms with Gasteiger partial charge in [0, 0.05) is 10.4 Å².